The van der Waals surface area contributed by atoms with Crippen molar-refractivity contribution in [3.8, 4) is 23.0 Å². The van der Waals surface area contributed by atoms with Crippen LogP contribution in [0.5, 0.6) is 23.0 Å². The average molecular weight is 421 g/mol. The largest absolute Gasteiger partial charge is 0.496 e. The van der Waals surface area contributed by atoms with Gasteiger partial charge in [-0.15, -0.1) is 0 Å². The maximum atomic E-state index is 13.2. The normalized spacial score (nSPS) is 11.4. The van der Waals surface area contributed by atoms with Gasteiger partial charge in [0, 0.05) is 0 Å². The lowest BCUT2D eigenvalue weighted by Gasteiger charge is -2.22. The molecule has 0 aliphatic rings. The number of carbonyl (C=O) groups excluding carboxylic acids is 1. The minimum Gasteiger partial charge on any atom is -0.496 e. The van der Waals surface area contributed by atoms with Crippen LogP contribution in [0.3, 0.4) is 0 Å². The Labute approximate surface area is 182 Å². The number of hydrogen-bond donors (Lipinski definition) is 1. The molecule has 0 aromatic heterocycles. The summed E-state index contributed by atoms with van der Waals surface area (Å²) in [5.41, 5.74) is 2.21. The fraction of sp³-hybridized carbons (Fsp3) is 0.240. The first-order chi connectivity index (χ1) is 15.1. The van der Waals surface area contributed by atoms with Crippen LogP contribution >= 0.6 is 0 Å². The number of amides is 1. The van der Waals surface area contributed by atoms with Crippen LogP contribution in [0.15, 0.2) is 66.7 Å². The minimum absolute atomic E-state index is 0.244. The summed E-state index contributed by atoms with van der Waals surface area (Å²) in [6.45, 7) is 2.52. The number of para-hydroxylation sites is 1. The average Bonchev–Trinajstić information content (AvgIpc) is 2.82. The molecule has 6 heteroatoms. The fourth-order valence-electron chi connectivity index (χ4n) is 3.36. The first-order valence-electron chi connectivity index (χ1n) is 9.99. The highest BCUT2D eigenvalue weighted by Gasteiger charge is 2.21. The van der Waals surface area contributed by atoms with Crippen molar-refractivity contribution < 1.29 is 23.7 Å². The molecule has 0 unspecified atom stereocenters. The summed E-state index contributed by atoms with van der Waals surface area (Å²) >= 11 is 0. The van der Waals surface area contributed by atoms with E-state index in [9.17, 15) is 4.79 Å². The Kier molecular flexibility index (Phi) is 7.38. The lowest BCUT2D eigenvalue weighted by molar-refractivity contribution is 0.0940. The molecule has 0 spiro atoms. The molecule has 3 aromatic carbocycles. The van der Waals surface area contributed by atoms with E-state index in [1.54, 1.807) is 39.5 Å². The van der Waals surface area contributed by atoms with E-state index in [-0.39, 0.29) is 5.91 Å². The van der Waals surface area contributed by atoms with Crippen molar-refractivity contribution >= 4 is 5.91 Å². The number of benzene rings is 3. The Morgan fingerprint density at radius 3 is 2.10 bits per heavy atom. The third-order valence-electron chi connectivity index (χ3n) is 4.89. The lowest BCUT2D eigenvalue weighted by atomic mass is 9.97. The minimum atomic E-state index is -0.423. The monoisotopic (exact) mass is 421 g/mol. The number of methoxy groups -OCH3 is 3. The molecule has 1 N–H and O–H groups in total. The molecule has 0 bridgehead atoms. The molecule has 31 heavy (non-hydrogen) atoms. The Balaban J connectivity index is 2.01. The van der Waals surface area contributed by atoms with Crippen LogP contribution in [-0.2, 0) is 0 Å². The van der Waals surface area contributed by atoms with Crippen molar-refractivity contribution in [3.63, 3.8) is 0 Å². The standard InChI is InChI=1S/C25H27NO5/c1-5-31-19-13-10-17(11-14-19)24(18-12-15-22(29-3)23(16-18)30-4)26-25(27)20-8-6-7-9-21(20)28-2/h6-16,24H,5H2,1-4H3,(H,26,27)/t24-/m1/s1. The van der Waals surface area contributed by atoms with Crippen molar-refractivity contribution in [2.24, 2.45) is 0 Å². The Bertz CT molecular complexity index is 1020. The van der Waals surface area contributed by atoms with Gasteiger partial charge in [-0.3, -0.25) is 4.79 Å². The van der Waals surface area contributed by atoms with Crippen LogP contribution < -0.4 is 24.3 Å². The molecule has 0 aliphatic heterocycles. The van der Waals surface area contributed by atoms with Crippen molar-refractivity contribution in [3.05, 3.63) is 83.4 Å². The molecule has 1 amide bonds. The van der Waals surface area contributed by atoms with Crippen molar-refractivity contribution in [1.29, 1.82) is 0 Å². The summed E-state index contributed by atoms with van der Waals surface area (Å²) in [5.74, 6) is 2.24. The van der Waals surface area contributed by atoms with Crippen molar-refractivity contribution in [1.82, 2.24) is 5.32 Å². The molecule has 6 nitrogen and oxygen atoms in total. The predicted molar refractivity (Wildman–Crippen MR) is 119 cm³/mol. The van der Waals surface area contributed by atoms with E-state index < -0.39 is 6.04 Å². The van der Waals surface area contributed by atoms with E-state index in [4.69, 9.17) is 18.9 Å². The van der Waals surface area contributed by atoms with Crippen LogP contribution in [0.2, 0.25) is 0 Å². The van der Waals surface area contributed by atoms with E-state index in [1.165, 1.54) is 0 Å². The molecule has 3 aromatic rings. The van der Waals surface area contributed by atoms with Gasteiger partial charge in [0.1, 0.15) is 11.5 Å². The quantitative estimate of drug-likeness (QED) is 0.546. The van der Waals surface area contributed by atoms with Gasteiger partial charge in [0.15, 0.2) is 11.5 Å². The van der Waals surface area contributed by atoms with Gasteiger partial charge < -0.3 is 24.3 Å². The summed E-state index contributed by atoms with van der Waals surface area (Å²) in [7, 11) is 4.72. The van der Waals surface area contributed by atoms with Crippen LogP contribution in [0.4, 0.5) is 0 Å². The van der Waals surface area contributed by atoms with Gasteiger partial charge in [0.05, 0.1) is 39.5 Å². The predicted octanol–water partition coefficient (Wildman–Crippen LogP) is 4.63. The molecule has 0 fully saturated rings. The molecule has 1 atom stereocenters. The number of nitrogens with one attached hydrogen (secondary N) is 1. The molecular weight excluding hydrogens is 394 g/mol. The maximum absolute atomic E-state index is 13.2. The van der Waals surface area contributed by atoms with Crippen LogP contribution in [0, 0.1) is 0 Å². The van der Waals surface area contributed by atoms with Gasteiger partial charge in [0.2, 0.25) is 0 Å². The number of hydrogen-bond acceptors (Lipinski definition) is 5. The smallest absolute Gasteiger partial charge is 0.255 e. The number of carbonyl (C=O) groups is 1. The Morgan fingerprint density at radius 1 is 0.806 bits per heavy atom. The highest BCUT2D eigenvalue weighted by Crippen LogP contribution is 2.33. The van der Waals surface area contributed by atoms with Crippen LogP contribution in [0.25, 0.3) is 0 Å². The zero-order valence-electron chi connectivity index (χ0n) is 18.2. The zero-order chi connectivity index (χ0) is 22.2. The SMILES string of the molecule is CCOc1ccc([C@@H](NC(=O)c2ccccc2OC)c2ccc(OC)c(OC)c2)cc1. The second-order valence-corrected chi connectivity index (χ2v) is 6.72. The number of ether oxygens (including phenoxy) is 4. The summed E-state index contributed by atoms with van der Waals surface area (Å²) in [6, 6.07) is 20.0. The van der Waals surface area contributed by atoms with Gasteiger partial charge in [-0.1, -0.05) is 30.3 Å². The molecule has 0 saturated heterocycles. The molecule has 162 valence electrons. The van der Waals surface area contributed by atoms with Gasteiger partial charge in [0.25, 0.3) is 5.91 Å². The lowest BCUT2D eigenvalue weighted by Crippen LogP contribution is -2.29. The first-order valence-corrected chi connectivity index (χ1v) is 9.99. The summed E-state index contributed by atoms with van der Waals surface area (Å²) in [6.07, 6.45) is 0. The second-order valence-electron chi connectivity index (χ2n) is 6.72. The summed E-state index contributed by atoms with van der Waals surface area (Å²) < 4.78 is 21.7. The second kappa shape index (κ2) is 10.4. The molecule has 3 rings (SSSR count). The van der Waals surface area contributed by atoms with Crippen LogP contribution in [-0.4, -0.2) is 33.8 Å². The number of rotatable bonds is 9. The summed E-state index contributed by atoms with van der Waals surface area (Å²) in [4.78, 5) is 13.2. The molecule has 0 aliphatic carbocycles. The van der Waals surface area contributed by atoms with Crippen molar-refractivity contribution in [2.75, 3.05) is 27.9 Å². The van der Waals surface area contributed by atoms with E-state index in [0.29, 0.717) is 29.4 Å². The fourth-order valence-corrected chi connectivity index (χ4v) is 3.36. The summed E-state index contributed by atoms with van der Waals surface area (Å²) in [5, 5.41) is 3.12. The third kappa shape index (κ3) is 5.09. The molecule has 0 radical (unpaired) electrons. The Morgan fingerprint density at radius 2 is 1.45 bits per heavy atom. The molecule has 0 heterocycles. The van der Waals surface area contributed by atoms with Gasteiger partial charge in [-0.2, -0.15) is 0 Å². The highest BCUT2D eigenvalue weighted by molar-refractivity contribution is 5.97. The van der Waals surface area contributed by atoms with E-state index in [1.807, 2.05) is 55.5 Å². The van der Waals surface area contributed by atoms with Gasteiger partial charge >= 0.3 is 0 Å². The van der Waals surface area contributed by atoms with Gasteiger partial charge in [-0.05, 0) is 54.4 Å². The zero-order valence-corrected chi connectivity index (χ0v) is 18.2. The van der Waals surface area contributed by atoms with E-state index in [0.717, 1.165) is 16.9 Å². The first kappa shape index (κ1) is 22.0. The van der Waals surface area contributed by atoms with Gasteiger partial charge in [-0.25, -0.2) is 0 Å². The van der Waals surface area contributed by atoms with E-state index >= 15 is 0 Å². The van der Waals surface area contributed by atoms with Crippen LogP contribution in [0.1, 0.15) is 34.5 Å². The maximum Gasteiger partial charge on any atom is 0.255 e. The topological polar surface area (TPSA) is 66.0 Å². The highest BCUT2D eigenvalue weighted by atomic mass is 16.5. The Hall–Kier alpha value is -3.67. The van der Waals surface area contributed by atoms with Crippen molar-refractivity contribution in [2.45, 2.75) is 13.0 Å². The third-order valence-corrected chi connectivity index (χ3v) is 4.89. The molecule has 0 saturated carbocycles. The molecular formula is C25H27NO5. The van der Waals surface area contributed by atoms with E-state index in [2.05, 4.69) is 5.32 Å².